The number of hydrogen-bond donors (Lipinski definition) is 1. The van der Waals surface area contributed by atoms with E-state index in [-0.39, 0.29) is 11.3 Å². The summed E-state index contributed by atoms with van der Waals surface area (Å²) >= 11 is 0. The maximum Gasteiger partial charge on any atom is 0.221 e. The molecule has 0 bridgehead atoms. The van der Waals surface area contributed by atoms with Crippen LogP contribution >= 0.6 is 0 Å². The Kier molecular flexibility index (Phi) is 4.55. The molecule has 1 aliphatic carbocycles. The van der Waals surface area contributed by atoms with Gasteiger partial charge in [0.05, 0.1) is 0 Å². The van der Waals surface area contributed by atoms with Gasteiger partial charge in [0.1, 0.15) is 0 Å². The number of rotatable bonds is 4. The molecule has 2 aromatic rings. The summed E-state index contributed by atoms with van der Waals surface area (Å²) in [5.74, 6) is 0.447. The molecular weight excluding hydrogens is 306 g/mol. The zero-order chi connectivity index (χ0) is 18.2. The molecule has 1 aliphatic rings. The lowest BCUT2D eigenvalue weighted by Gasteiger charge is -2.43. The first-order valence-corrected chi connectivity index (χ1v) is 9.01. The van der Waals surface area contributed by atoms with Gasteiger partial charge in [0.2, 0.25) is 5.91 Å². The summed E-state index contributed by atoms with van der Waals surface area (Å²) in [6, 6.07) is 16.8. The number of carbonyl (C=O) groups is 1. The Morgan fingerprint density at radius 2 is 1.60 bits per heavy atom. The molecule has 1 amide bonds. The molecule has 1 N–H and O–H groups in total. The third-order valence-electron chi connectivity index (χ3n) is 5.01. The van der Waals surface area contributed by atoms with Crippen molar-refractivity contribution in [3.63, 3.8) is 0 Å². The number of carbonyl (C=O) groups excluding carboxylic acids is 1. The Morgan fingerprint density at radius 3 is 2.20 bits per heavy atom. The van der Waals surface area contributed by atoms with Crippen LogP contribution in [-0.4, -0.2) is 5.91 Å². The highest BCUT2D eigenvalue weighted by Gasteiger charge is 2.39. The van der Waals surface area contributed by atoms with Crippen molar-refractivity contribution in [2.45, 2.75) is 47.0 Å². The van der Waals surface area contributed by atoms with Crippen LogP contribution in [0.15, 0.2) is 48.5 Å². The van der Waals surface area contributed by atoms with Crippen LogP contribution in [0, 0.1) is 5.41 Å². The molecule has 2 heteroatoms. The molecule has 2 aromatic carbocycles. The van der Waals surface area contributed by atoms with Gasteiger partial charge in [-0.05, 0) is 46.1 Å². The molecule has 0 aliphatic heterocycles. The molecule has 130 valence electrons. The van der Waals surface area contributed by atoms with Crippen LogP contribution in [0.2, 0.25) is 0 Å². The van der Waals surface area contributed by atoms with Gasteiger partial charge < -0.3 is 5.32 Å². The number of amides is 1. The summed E-state index contributed by atoms with van der Waals surface area (Å²) in [6.45, 7) is 10.7. The maximum atomic E-state index is 11.6. The SMILES string of the molecule is CC(=O)Nc1ccccc1C1=C(c2ccccc2C(C)C)C(C)(C)C1. The fourth-order valence-corrected chi connectivity index (χ4v) is 3.95. The average Bonchev–Trinajstić information content (AvgIpc) is 2.53. The van der Waals surface area contributed by atoms with E-state index in [9.17, 15) is 4.79 Å². The van der Waals surface area contributed by atoms with Crippen molar-refractivity contribution in [2.75, 3.05) is 5.32 Å². The highest BCUT2D eigenvalue weighted by Crippen LogP contribution is 2.57. The zero-order valence-electron chi connectivity index (χ0n) is 15.8. The lowest BCUT2D eigenvalue weighted by molar-refractivity contribution is -0.114. The van der Waals surface area contributed by atoms with Gasteiger partial charge in [0.15, 0.2) is 0 Å². The first kappa shape index (κ1) is 17.5. The molecule has 0 fully saturated rings. The number of anilines is 1. The van der Waals surface area contributed by atoms with E-state index in [1.54, 1.807) is 6.92 Å². The highest BCUT2D eigenvalue weighted by atomic mass is 16.1. The maximum absolute atomic E-state index is 11.6. The average molecular weight is 333 g/mol. The first-order chi connectivity index (χ1) is 11.8. The fourth-order valence-electron chi connectivity index (χ4n) is 3.95. The summed E-state index contributed by atoms with van der Waals surface area (Å²) in [5.41, 5.74) is 7.69. The van der Waals surface area contributed by atoms with Gasteiger partial charge in [-0.2, -0.15) is 0 Å². The molecule has 0 unspecified atom stereocenters. The third-order valence-corrected chi connectivity index (χ3v) is 5.01. The Morgan fingerprint density at radius 1 is 1.00 bits per heavy atom. The van der Waals surface area contributed by atoms with E-state index in [1.165, 1.54) is 22.3 Å². The van der Waals surface area contributed by atoms with Crippen LogP contribution in [0.1, 0.15) is 63.6 Å². The topological polar surface area (TPSA) is 29.1 Å². The molecule has 0 atom stereocenters. The van der Waals surface area contributed by atoms with Crippen LogP contribution < -0.4 is 5.32 Å². The second kappa shape index (κ2) is 6.51. The predicted molar refractivity (Wildman–Crippen MR) is 106 cm³/mol. The second-order valence-electron chi connectivity index (χ2n) is 7.88. The van der Waals surface area contributed by atoms with Crippen molar-refractivity contribution >= 4 is 22.7 Å². The molecule has 2 nitrogen and oxygen atoms in total. The van der Waals surface area contributed by atoms with Crippen molar-refractivity contribution in [3.8, 4) is 0 Å². The van der Waals surface area contributed by atoms with E-state index in [0.717, 1.165) is 17.7 Å². The minimum atomic E-state index is -0.0317. The van der Waals surface area contributed by atoms with Crippen LogP contribution in [0.5, 0.6) is 0 Å². The molecule has 3 rings (SSSR count). The van der Waals surface area contributed by atoms with Gasteiger partial charge in [-0.1, -0.05) is 70.2 Å². The fraction of sp³-hybridized carbons (Fsp3) is 0.348. The van der Waals surface area contributed by atoms with Gasteiger partial charge >= 0.3 is 0 Å². The Balaban J connectivity index is 2.20. The molecule has 0 saturated heterocycles. The minimum Gasteiger partial charge on any atom is -0.326 e. The van der Waals surface area contributed by atoms with Crippen molar-refractivity contribution in [2.24, 2.45) is 5.41 Å². The van der Waals surface area contributed by atoms with E-state index in [2.05, 4.69) is 63.3 Å². The monoisotopic (exact) mass is 333 g/mol. The van der Waals surface area contributed by atoms with Gasteiger partial charge in [0.25, 0.3) is 0 Å². The highest BCUT2D eigenvalue weighted by molar-refractivity contribution is 6.04. The molecule has 0 aromatic heterocycles. The van der Waals surface area contributed by atoms with Gasteiger partial charge in [0, 0.05) is 18.2 Å². The zero-order valence-corrected chi connectivity index (χ0v) is 15.8. The van der Waals surface area contributed by atoms with Gasteiger partial charge in [-0.3, -0.25) is 4.79 Å². The molecule has 0 spiro atoms. The number of para-hydroxylation sites is 1. The van der Waals surface area contributed by atoms with Crippen LogP contribution in [0.3, 0.4) is 0 Å². The Bertz CT molecular complexity index is 843. The normalized spacial score (nSPS) is 15.9. The first-order valence-electron chi connectivity index (χ1n) is 9.01. The smallest absolute Gasteiger partial charge is 0.221 e. The molecule has 0 saturated carbocycles. The standard InChI is InChI=1S/C23H27NO/c1-15(2)17-10-6-7-12-19(17)22-20(14-23(22,4)5)18-11-8-9-13-21(18)24-16(3)25/h6-13,15H,14H2,1-5H3,(H,24,25). The van der Waals surface area contributed by atoms with Crippen LogP contribution in [0.25, 0.3) is 11.1 Å². The number of hydrogen-bond acceptors (Lipinski definition) is 1. The van der Waals surface area contributed by atoms with Gasteiger partial charge in [-0.25, -0.2) is 0 Å². The van der Waals surface area contributed by atoms with Crippen molar-refractivity contribution in [1.29, 1.82) is 0 Å². The summed E-state index contributed by atoms with van der Waals surface area (Å²) < 4.78 is 0. The molecule has 0 heterocycles. The summed E-state index contributed by atoms with van der Waals surface area (Å²) in [5, 5.41) is 2.99. The summed E-state index contributed by atoms with van der Waals surface area (Å²) in [6.07, 6.45) is 1.02. The molecule has 0 radical (unpaired) electrons. The third kappa shape index (κ3) is 3.26. The largest absolute Gasteiger partial charge is 0.326 e. The van der Waals surface area contributed by atoms with E-state index >= 15 is 0 Å². The minimum absolute atomic E-state index is 0.0317. The predicted octanol–water partition coefficient (Wildman–Crippen LogP) is 6.11. The number of allylic oxidation sites excluding steroid dienone is 2. The lowest BCUT2D eigenvalue weighted by atomic mass is 9.61. The van der Waals surface area contributed by atoms with Gasteiger partial charge in [-0.15, -0.1) is 0 Å². The summed E-state index contributed by atoms with van der Waals surface area (Å²) in [7, 11) is 0. The number of nitrogens with one attached hydrogen (secondary N) is 1. The van der Waals surface area contributed by atoms with Crippen molar-refractivity contribution in [3.05, 3.63) is 65.2 Å². The van der Waals surface area contributed by atoms with E-state index in [1.807, 2.05) is 18.2 Å². The molecular formula is C23H27NO. The number of benzene rings is 2. The second-order valence-corrected chi connectivity index (χ2v) is 7.88. The van der Waals surface area contributed by atoms with E-state index in [4.69, 9.17) is 0 Å². The Hall–Kier alpha value is -2.35. The van der Waals surface area contributed by atoms with E-state index < -0.39 is 0 Å². The van der Waals surface area contributed by atoms with Crippen molar-refractivity contribution in [1.82, 2.24) is 0 Å². The Labute approximate surface area is 151 Å². The van der Waals surface area contributed by atoms with Crippen LogP contribution in [-0.2, 0) is 4.79 Å². The molecule has 25 heavy (non-hydrogen) atoms. The van der Waals surface area contributed by atoms with E-state index in [0.29, 0.717) is 5.92 Å². The summed E-state index contributed by atoms with van der Waals surface area (Å²) in [4.78, 5) is 11.6. The van der Waals surface area contributed by atoms with Crippen molar-refractivity contribution < 1.29 is 4.79 Å². The lowest BCUT2D eigenvalue weighted by Crippen LogP contribution is -2.27. The van der Waals surface area contributed by atoms with Crippen LogP contribution in [0.4, 0.5) is 5.69 Å². The quantitative estimate of drug-likeness (QED) is 0.718.